The molecule has 9 nitrogen and oxygen atoms in total. The summed E-state index contributed by atoms with van der Waals surface area (Å²) in [5.74, 6) is 0.526. The van der Waals surface area contributed by atoms with Gasteiger partial charge in [-0.1, -0.05) is 6.07 Å². The van der Waals surface area contributed by atoms with E-state index in [4.69, 9.17) is 9.47 Å². The van der Waals surface area contributed by atoms with Gasteiger partial charge in [0, 0.05) is 24.6 Å². The van der Waals surface area contributed by atoms with Gasteiger partial charge in [0.25, 0.3) is 0 Å². The van der Waals surface area contributed by atoms with Gasteiger partial charge in [0.05, 0.1) is 30.3 Å². The van der Waals surface area contributed by atoms with Gasteiger partial charge < -0.3 is 14.6 Å². The summed E-state index contributed by atoms with van der Waals surface area (Å²) in [4.78, 5) is 27.9. The predicted octanol–water partition coefficient (Wildman–Crippen LogP) is 1.02. The molecule has 1 unspecified atom stereocenters. The highest BCUT2D eigenvalue weighted by molar-refractivity contribution is 7.89. The molecule has 6 rings (SSSR count). The Bertz CT molecular complexity index is 1180. The molecule has 2 aliphatic heterocycles. The molecule has 2 bridgehead atoms. The lowest BCUT2D eigenvalue weighted by molar-refractivity contribution is -0.213. The topological polar surface area (TPSA) is 122 Å². The first-order valence-corrected chi connectivity index (χ1v) is 14.0. The van der Waals surface area contributed by atoms with E-state index in [1.807, 2.05) is 10.8 Å². The number of hydrogen-bond donors (Lipinski definition) is 2. The first-order chi connectivity index (χ1) is 16.1. The van der Waals surface area contributed by atoms with E-state index in [2.05, 4.69) is 4.90 Å². The molecule has 2 N–H and O–H groups in total. The molecule has 4 atom stereocenters. The minimum Gasteiger partial charge on any atom is -0.504 e. The van der Waals surface area contributed by atoms with Crippen molar-refractivity contribution in [1.29, 1.82) is 0 Å². The van der Waals surface area contributed by atoms with Gasteiger partial charge in [-0.3, -0.25) is 19.2 Å². The number of aromatic hydroxyl groups is 1. The van der Waals surface area contributed by atoms with Crippen LogP contribution in [0.4, 0.5) is 0 Å². The molecule has 3 fully saturated rings. The predicted molar refractivity (Wildman–Crippen MR) is 121 cm³/mol. The molecule has 3 aliphatic carbocycles. The van der Waals surface area contributed by atoms with Crippen molar-refractivity contribution < 1.29 is 32.6 Å². The van der Waals surface area contributed by atoms with E-state index in [1.54, 1.807) is 6.07 Å². The number of hydrogen-bond acceptors (Lipinski definition) is 8. The van der Waals surface area contributed by atoms with Gasteiger partial charge in [0.1, 0.15) is 0 Å². The molecule has 184 valence electrons. The zero-order chi connectivity index (χ0) is 23.9. The Hall–Kier alpha value is -2.17. The van der Waals surface area contributed by atoms with Crippen LogP contribution in [0.3, 0.4) is 0 Å². The molecule has 1 spiro atoms. The van der Waals surface area contributed by atoms with Crippen molar-refractivity contribution in [3.63, 3.8) is 0 Å². The summed E-state index contributed by atoms with van der Waals surface area (Å²) in [6.45, 7) is 1.85. The van der Waals surface area contributed by atoms with E-state index in [1.165, 1.54) is 12.8 Å². The molecular weight excluding hydrogens is 460 g/mol. The third-order valence-corrected chi connectivity index (χ3v) is 9.10. The first kappa shape index (κ1) is 22.3. The maximum atomic E-state index is 13.2. The maximum absolute atomic E-state index is 13.2. The van der Waals surface area contributed by atoms with Crippen LogP contribution in [0.5, 0.6) is 11.5 Å². The summed E-state index contributed by atoms with van der Waals surface area (Å²) in [6.07, 6.45) is 4.79. The highest BCUT2D eigenvalue weighted by Crippen LogP contribution is 2.66. The van der Waals surface area contributed by atoms with Gasteiger partial charge in [-0.2, -0.15) is 0 Å². The van der Waals surface area contributed by atoms with Crippen molar-refractivity contribution in [2.75, 3.05) is 26.0 Å². The van der Waals surface area contributed by atoms with Crippen molar-refractivity contribution in [3.8, 4) is 11.5 Å². The van der Waals surface area contributed by atoms with Crippen LogP contribution in [0, 0.1) is 5.92 Å². The van der Waals surface area contributed by atoms with Gasteiger partial charge in [0.15, 0.2) is 23.4 Å². The van der Waals surface area contributed by atoms with E-state index in [0.29, 0.717) is 30.9 Å². The Morgan fingerprint density at radius 2 is 2.12 bits per heavy atom. The van der Waals surface area contributed by atoms with Crippen molar-refractivity contribution in [2.24, 2.45) is 5.92 Å². The molecule has 1 aromatic rings. The van der Waals surface area contributed by atoms with Crippen LogP contribution in [0.25, 0.3) is 0 Å². The number of ether oxygens (including phenoxy) is 2. The van der Waals surface area contributed by atoms with Gasteiger partial charge in [-0.15, -0.1) is 0 Å². The van der Waals surface area contributed by atoms with Crippen LogP contribution in [0.15, 0.2) is 12.1 Å². The fourth-order valence-corrected chi connectivity index (χ4v) is 7.63. The number of rotatable bonds is 7. The fraction of sp³-hybridized carbons (Fsp3) is 0.667. The number of nitrogens with zero attached hydrogens (tertiary/aromatic N) is 1. The normalized spacial score (nSPS) is 33.9. The summed E-state index contributed by atoms with van der Waals surface area (Å²) in [6, 6.07) is 3.61. The number of nitrogens with one attached hydrogen (secondary N) is 1. The number of likely N-dealkylation sites (tertiary alicyclic amines) is 1. The number of benzene rings is 1. The molecule has 1 aromatic carbocycles. The quantitative estimate of drug-likeness (QED) is 0.581. The largest absolute Gasteiger partial charge is 0.504 e. The Kier molecular flexibility index (Phi) is 4.86. The Balaban J connectivity index is 1.41. The minimum absolute atomic E-state index is 0.0158. The van der Waals surface area contributed by atoms with Crippen LogP contribution in [0.2, 0.25) is 0 Å². The van der Waals surface area contributed by atoms with E-state index < -0.39 is 33.1 Å². The molecule has 0 aromatic heterocycles. The molecule has 10 heteroatoms. The number of carbonyl (C=O) groups is 2. The molecular formula is C24H30N2O7S. The zero-order valence-corrected chi connectivity index (χ0v) is 20.0. The molecule has 1 amide bonds. The highest BCUT2D eigenvalue weighted by Gasteiger charge is 2.74. The number of phenolic OH excluding ortho intramolecular Hbond substituents is 1. The van der Waals surface area contributed by atoms with Gasteiger partial charge in [-0.05, 0) is 56.2 Å². The van der Waals surface area contributed by atoms with Crippen LogP contribution < -0.4 is 9.46 Å². The Morgan fingerprint density at radius 1 is 1.32 bits per heavy atom. The van der Waals surface area contributed by atoms with Crippen molar-refractivity contribution in [3.05, 3.63) is 23.3 Å². The second-order valence-corrected chi connectivity index (χ2v) is 12.3. The molecule has 5 aliphatic rings. The first-order valence-electron chi connectivity index (χ1n) is 12.1. The number of sulfonamides is 1. The molecule has 2 heterocycles. The number of phenols is 1. The summed E-state index contributed by atoms with van der Waals surface area (Å²) in [5.41, 5.74) is 0.510. The Morgan fingerprint density at radius 3 is 2.85 bits per heavy atom. The fourth-order valence-electron chi connectivity index (χ4n) is 7.11. The summed E-state index contributed by atoms with van der Waals surface area (Å²) in [5, 5.41) is 10.6. The van der Waals surface area contributed by atoms with E-state index in [9.17, 15) is 23.1 Å². The van der Waals surface area contributed by atoms with Crippen LogP contribution in [0.1, 0.15) is 49.7 Å². The van der Waals surface area contributed by atoms with Crippen LogP contribution in [-0.2, 0) is 36.2 Å². The summed E-state index contributed by atoms with van der Waals surface area (Å²) < 4.78 is 37.8. The smallest absolute Gasteiger partial charge is 0.235 e. The van der Waals surface area contributed by atoms with Gasteiger partial charge in [0.2, 0.25) is 15.9 Å². The van der Waals surface area contributed by atoms with Crippen LogP contribution >= 0.6 is 0 Å². The van der Waals surface area contributed by atoms with E-state index >= 15 is 0 Å². The number of ketones is 1. The number of amides is 1. The maximum Gasteiger partial charge on any atom is 0.235 e. The minimum atomic E-state index is -3.64. The lowest BCUT2D eigenvalue weighted by Gasteiger charge is -2.64. The Labute approximate surface area is 198 Å². The second-order valence-electron chi connectivity index (χ2n) is 10.6. The third-order valence-electron chi connectivity index (χ3n) is 8.51. The number of piperidine rings is 1. The molecule has 1 saturated heterocycles. The van der Waals surface area contributed by atoms with Gasteiger partial charge >= 0.3 is 0 Å². The molecule has 2 saturated carbocycles. The van der Waals surface area contributed by atoms with Crippen LogP contribution in [-0.4, -0.2) is 73.8 Å². The zero-order valence-electron chi connectivity index (χ0n) is 19.2. The van der Waals surface area contributed by atoms with E-state index in [-0.39, 0.29) is 30.6 Å². The number of Topliss-reactive ketones (excluding diaryl/α,β-unsaturated/α-hetero) is 1. The molecule has 0 radical (unpaired) electrons. The third kappa shape index (κ3) is 3.14. The average molecular weight is 491 g/mol. The van der Waals surface area contributed by atoms with Crippen molar-refractivity contribution in [1.82, 2.24) is 9.62 Å². The lowest BCUT2D eigenvalue weighted by atomic mass is 9.48. The van der Waals surface area contributed by atoms with Gasteiger partial charge in [-0.25, -0.2) is 8.42 Å². The lowest BCUT2D eigenvalue weighted by Crippen LogP contribution is -2.77. The number of carbonyl (C=O) groups excluding carboxylic acids is 2. The van der Waals surface area contributed by atoms with Crippen molar-refractivity contribution >= 4 is 21.7 Å². The molecule has 34 heavy (non-hydrogen) atoms. The summed E-state index contributed by atoms with van der Waals surface area (Å²) in [7, 11) is -3.64. The second kappa shape index (κ2) is 7.41. The standard InChI is InChI=1S/C24H30N2O7S/c1-34(30,31)25-19(29)7-11-32-24-8-6-17(28)22-23(24)9-10-26(13-14-2-3-14)18(24)12-15-4-5-16(27)21(33-22)20(15)23/h4-5,14,18,22,27H,2-3,6-13H2,1H3,(H,25,29)/t18-,22+,23+,24?/m1/s1. The highest BCUT2D eigenvalue weighted by atomic mass is 32.2. The SMILES string of the molecule is CS(=O)(=O)NC(=O)CCOC12CCC(=O)[C@@H]3Oc4c(O)ccc5c4[C@@]31CCN(CC1CC1)[C@@H]2C5. The summed E-state index contributed by atoms with van der Waals surface area (Å²) >= 11 is 0. The average Bonchev–Trinajstić information content (AvgIpc) is 3.49. The van der Waals surface area contributed by atoms with E-state index in [0.717, 1.165) is 36.9 Å². The monoisotopic (exact) mass is 490 g/mol. The van der Waals surface area contributed by atoms with Crippen molar-refractivity contribution in [2.45, 2.75) is 68.1 Å².